The average molecular weight is 1030 g/mol. The third kappa shape index (κ3) is 14.0. The van der Waals surface area contributed by atoms with Gasteiger partial charge in [-0.15, -0.1) is 86.1 Å². The zero-order valence-corrected chi connectivity index (χ0v) is 41.3. The highest BCUT2D eigenvalue weighted by molar-refractivity contribution is 7.16. The summed E-state index contributed by atoms with van der Waals surface area (Å²) in [6, 6.07) is 15.5. The van der Waals surface area contributed by atoms with Gasteiger partial charge in [0.2, 0.25) is 44.2 Å². The smallest absolute Gasteiger partial charge is 0.231 e. The lowest BCUT2D eigenvalue weighted by molar-refractivity contribution is -0.116. The molecule has 4 N–H and O–H groups in total. The van der Waals surface area contributed by atoms with E-state index in [2.05, 4.69) is 62.1 Å². The molecule has 0 saturated heterocycles. The van der Waals surface area contributed by atoms with E-state index in [1.807, 2.05) is 70.1 Å². The number of carbonyl (C=O) groups is 4. The van der Waals surface area contributed by atoms with E-state index in [-0.39, 0.29) is 23.6 Å². The molecule has 0 radical (unpaired) electrons. The van der Waals surface area contributed by atoms with Crippen molar-refractivity contribution in [1.29, 1.82) is 0 Å². The fourth-order valence-electron chi connectivity index (χ4n) is 7.00. The maximum absolute atomic E-state index is 12.1. The molecule has 0 spiro atoms. The zero-order chi connectivity index (χ0) is 45.2. The standard InChI is InChI=1S/2C21H20N6O2S4/c2*28-16(10-14-3-1-5-30-14)22-20-26-24-18(32-20)8-12-7-13(12)9-19-25-27-21(33-19)23-17(29)11-15-4-2-6-31-15/h2*1-6,12-13H,7-11H2,(H,22,26,28)(H,23,27,29)/t2*12-,13-/m10/s1. The van der Waals surface area contributed by atoms with Crippen LogP contribution in [0, 0.1) is 23.7 Å². The van der Waals surface area contributed by atoms with Crippen LogP contribution in [-0.4, -0.2) is 64.4 Å². The molecular weight excluding hydrogens is 993 g/mol. The lowest BCUT2D eigenvalue weighted by Gasteiger charge is -1.98. The second-order valence-corrected chi connectivity index (χ2v) is 23.9. The Morgan fingerprint density at radius 3 is 0.848 bits per heavy atom. The van der Waals surface area contributed by atoms with Crippen LogP contribution in [0.3, 0.4) is 0 Å². The molecule has 2 saturated carbocycles. The molecule has 10 rings (SSSR count). The van der Waals surface area contributed by atoms with Gasteiger partial charge in [-0.25, -0.2) is 0 Å². The van der Waals surface area contributed by atoms with Crippen molar-refractivity contribution in [2.24, 2.45) is 23.7 Å². The number of hydrogen-bond donors (Lipinski definition) is 4. The average Bonchev–Trinajstić information content (AvgIpc) is 4.01. The Kier molecular flexibility index (Phi) is 15.5. The SMILES string of the molecule is O=C(Cc1cccs1)Nc1nnc(C[C@@H]2C[C@H]2Cc2nnc(NC(=O)Cc3cccs3)s2)s1.O=C(Cc1cccs1)Nc1nnc(C[C@H]2C[C@@H]2Cc2nnc(NC(=O)Cc3cccs3)s2)s1. The van der Waals surface area contributed by atoms with Crippen LogP contribution >= 0.6 is 90.7 Å². The van der Waals surface area contributed by atoms with Crippen LogP contribution in [0.1, 0.15) is 52.4 Å². The Morgan fingerprint density at radius 1 is 0.394 bits per heavy atom. The van der Waals surface area contributed by atoms with Gasteiger partial charge in [-0.1, -0.05) is 69.6 Å². The largest absolute Gasteiger partial charge is 0.300 e. The maximum Gasteiger partial charge on any atom is 0.231 e. The van der Waals surface area contributed by atoms with Crippen molar-refractivity contribution in [3.05, 3.63) is 110 Å². The Bertz CT molecular complexity index is 2440. The van der Waals surface area contributed by atoms with Crippen LogP contribution in [0.5, 0.6) is 0 Å². The van der Waals surface area contributed by atoms with E-state index >= 15 is 0 Å². The monoisotopic (exact) mass is 1030 g/mol. The predicted octanol–water partition coefficient (Wildman–Crippen LogP) is 8.59. The van der Waals surface area contributed by atoms with E-state index in [9.17, 15) is 19.2 Å². The molecule has 24 heteroatoms. The number of hydrogen-bond acceptors (Lipinski definition) is 20. The minimum absolute atomic E-state index is 0.0704. The topological polar surface area (TPSA) is 220 Å². The quantitative estimate of drug-likeness (QED) is 0.0564. The van der Waals surface area contributed by atoms with Crippen molar-refractivity contribution in [2.75, 3.05) is 21.3 Å². The number of thiophene rings is 4. The van der Waals surface area contributed by atoms with Gasteiger partial charge in [-0.2, -0.15) is 0 Å². The van der Waals surface area contributed by atoms with Crippen molar-refractivity contribution in [1.82, 2.24) is 40.8 Å². The molecule has 8 aromatic rings. The summed E-state index contributed by atoms with van der Waals surface area (Å²) in [7, 11) is 0. The molecule has 0 aromatic carbocycles. The first-order chi connectivity index (χ1) is 32.2. The molecule has 340 valence electrons. The molecule has 8 heterocycles. The number of nitrogens with zero attached hydrogens (tertiary/aromatic N) is 8. The highest BCUT2D eigenvalue weighted by Crippen LogP contribution is 2.45. The second kappa shape index (κ2) is 22.1. The van der Waals surface area contributed by atoms with Crippen molar-refractivity contribution < 1.29 is 19.2 Å². The lowest BCUT2D eigenvalue weighted by Crippen LogP contribution is -2.13. The minimum Gasteiger partial charge on any atom is -0.300 e. The first kappa shape index (κ1) is 46.0. The van der Waals surface area contributed by atoms with Gasteiger partial charge >= 0.3 is 0 Å². The van der Waals surface area contributed by atoms with Crippen LogP contribution in [0.4, 0.5) is 20.5 Å². The van der Waals surface area contributed by atoms with Gasteiger partial charge in [0.25, 0.3) is 0 Å². The van der Waals surface area contributed by atoms with Gasteiger partial charge in [0.1, 0.15) is 20.0 Å². The summed E-state index contributed by atoms with van der Waals surface area (Å²) in [6.07, 6.45) is 7.06. The van der Waals surface area contributed by atoms with Crippen LogP contribution in [0.2, 0.25) is 0 Å². The van der Waals surface area contributed by atoms with E-state index in [0.29, 0.717) is 69.9 Å². The normalized spacial score (nSPS) is 17.1. The highest BCUT2D eigenvalue weighted by atomic mass is 32.1. The van der Waals surface area contributed by atoms with E-state index in [1.165, 1.54) is 45.3 Å². The van der Waals surface area contributed by atoms with Crippen molar-refractivity contribution in [3.8, 4) is 0 Å². The van der Waals surface area contributed by atoms with Gasteiger partial charge < -0.3 is 21.3 Å². The third-order valence-corrected chi connectivity index (χ3v) is 17.3. The number of anilines is 4. The summed E-state index contributed by atoms with van der Waals surface area (Å²) in [6.45, 7) is 0. The van der Waals surface area contributed by atoms with Crippen LogP contribution in [0.15, 0.2) is 70.1 Å². The van der Waals surface area contributed by atoms with E-state index in [0.717, 1.165) is 78.1 Å². The Hall–Kier alpha value is -5.08. The summed E-state index contributed by atoms with van der Waals surface area (Å²) < 4.78 is 0. The van der Waals surface area contributed by atoms with Crippen molar-refractivity contribution in [3.63, 3.8) is 0 Å². The Labute approximate surface area is 410 Å². The van der Waals surface area contributed by atoms with Crippen molar-refractivity contribution in [2.45, 2.75) is 64.2 Å². The van der Waals surface area contributed by atoms with Gasteiger partial charge in [0.05, 0.1) is 25.7 Å². The Balaban J connectivity index is 0.000000166. The summed E-state index contributed by atoms with van der Waals surface area (Å²) in [4.78, 5) is 52.6. The van der Waals surface area contributed by atoms with E-state index in [4.69, 9.17) is 0 Å². The summed E-state index contributed by atoms with van der Waals surface area (Å²) >= 11 is 12.0. The van der Waals surface area contributed by atoms with Gasteiger partial charge in [-0.3, -0.25) is 19.2 Å². The fraction of sp³-hybridized carbons (Fsp3) is 0.333. The summed E-state index contributed by atoms with van der Waals surface area (Å²) in [5.41, 5.74) is 0. The molecule has 2 aliphatic carbocycles. The number of amides is 4. The van der Waals surface area contributed by atoms with Gasteiger partial charge in [0.15, 0.2) is 0 Å². The molecule has 66 heavy (non-hydrogen) atoms. The second-order valence-electron chi connectivity index (χ2n) is 15.5. The minimum atomic E-state index is -0.0704. The number of aromatic nitrogens is 8. The molecule has 4 atom stereocenters. The molecular formula is C42H40N12O4S8. The molecule has 4 amide bonds. The summed E-state index contributed by atoms with van der Waals surface area (Å²) in [5.74, 6) is 1.86. The Morgan fingerprint density at radius 2 is 0.636 bits per heavy atom. The van der Waals surface area contributed by atoms with Crippen LogP contribution < -0.4 is 21.3 Å². The molecule has 2 aliphatic rings. The fourth-order valence-corrected chi connectivity index (χ4v) is 13.2. The third-order valence-electron chi connectivity index (χ3n) is 10.4. The maximum atomic E-state index is 12.1. The molecule has 2 fully saturated rings. The molecule has 8 aromatic heterocycles. The highest BCUT2D eigenvalue weighted by Gasteiger charge is 2.39. The van der Waals surface area contributed by atoms with Crippen LogP contribution in [-0.2, 0) is 70.5 Å². The zero-order valence-electron chi connectivity index (χ0n) is 34.8. The first-order valence-corrected chi connectivity index (χ1v) is 27.6. The van der Waals surface area contributed by atoms with Crippen LogP contribution in [0.25, 0.3) is 0 Å². The molecule has 16 nitrogen and oxygen atoms in total. The van der Waals surface area contributed by atoms with Crippen molar-refractivity contribution >= 4 is 135 Å². The predicted molar refractivity (Wildman–Crippen MR) is 264 cm³/mol. The first-order valence-electron chi connectivity index (χ1n) is 20.8. The number of nitrogens with one attached hydrogen (secondary N) is 4. The lowest BCUT2D eigenvalue weighted by atomic mass is 10.2. The number of carbonyl (C=O) groups excluding carboxylic acids is 4. The van der Waals surface area contributed by atoms with E-state index < -0.39 is 0 Å². The molecule has 0 bridgehead atoms. The van der Waals surface area contributed by atoms with Gasteiger partial charge in [-0.05, 0) is 82.3 Å². The molecule has 0 unspecified atom stereocenters. The number of rotatable bonds is 20. The molecule has 0 aliphatic heterocycles. The van der Waals surface area contributed by atoms with E-state index in [1.54, 1.807) is 45.3 Å². The van der Waals surface area contributed by atoms with Gasteiger partial charge in [0, 0.05) is 45.2 Å². The summed E-state index contributed by atoms with van der Waals surface area (Å²) in [5, 5.41) is 58.6.